The molecule has 1 aliphatic carbocycles. The Morgan fingerprint density at radius 2 is 2.05 bits per heavy atom. The Labute approximate surface area is 125 Å². The van der Waals surface area contributed by atoms with Gasteiger partial charge in [-0.25, -0.2) is 0 Å². The van der Waals surface area contributed by atoms with Gasteiger partial charge in [0.25, 0.3) is 0 Å². The van der Waals surface area contributed by atoms with Gasteiger partial charge in [0, 0.05) is 5.92 Å². The fourth-order valence-electron chi connectivity index (χ4n) is 3.57. The first kappa shape index (κ1) is 14.5. The van der Waals surface area contributed by atoms with Crippen LogP contribution in [0.5, 0.6) is 0 Å². The van der Waals surface area contributed by atoms with Gasteiger partial charge >= 0.3 is 5.97 Å². The van der Waals surface area contributed by atoms with Gasteiger partial charge in [-0.2, -0.15) is 0 Å². The molecule has 1 heterocycles. The minimum Gasteiger partial charge on any atom is -0.469 e. The van der Waals surface area contributed by atoms with E-state index < -0.39 is 0 Å². The molecule has 5 atom stereocenters. The molecule has 1 aromatic rings. The van der Waals surface area contributed by atoms with Gasteiger partial charge in [0.1, 0.15) is 0 Å². The number of benzene rings is 1. The standard InChI is InChI=1S/C17H22O4/c1-11-15(20-10-13-7-5-4-6-8-13)12(2)21-17(11)9-14(17)16(18)19-3/h4-8,11-12,14-15H,9-10H2,1-3H3/t11-,12+,14?,15+,17?/m0/s1. The summed E-state index contributed by atoms with van der Waals surface area (Å²) < 4.78 is 17.0. The van der Waals surface area contributed by atoms with Crippen molar-refractivity contribution in [1.29, 1.82) is 0 Å². The predicted molar refractivity (Wildman–Crippen MR) is 77.6 cm³/mol. The Balaban J connectivity index is 1.64. The number of hydrogen-bond acceptors (Lipinski definition) is 4. The second-order valence-corrected chi connectivity index (χ2v) is 6.11. The lowest BCUT2D eigenvalue weighted by atomic mass is 9.95. The molecule has 1 saturated carbocycles. The first-order valence-electron chi connectivity index (χ1n) is 7.49. The summed E-state index contributed by atoms with van der Waals surface area (Å²) in [6.07, 6.45) is 0.759. The Morgan fingerprint density at radius 1 is 1.33 bits per heavy atom. The number of carbonyl (C=O) groups excluding carboxylic acids is 1. The Kier molecular flexibility index (Phi) is 3.76. The first-order chi connectivity index (χ1) is 10.1. The highest BCUT2D eigenvalue weighted by atomic mass is 16.6. The van der Waals surface area contributed by atoms with E-state index in [4.69, 9.17) is 14.2 Å². The molecule has 1 aromatic carbocycles. The van der Waals surface area contributed by atoms with Gasteiger partial charge in [-0.15, -0.1) is 0 Å². The SMILES string of the molecule is COC(=O)C1CC12O[C@H](C)[C@H](OCc1ccccc1)[C@@H]2C. The molecule has 0 bridgehead atoms. The van der Waals surface area contributed by atoms with Gasteiger partial charge in [-0.1, -0.05) is 37.3 Å². The molecular weight excluding hydrogens is 268 g/mol. The van der Waals surface area contributed by atoms with Crippen molar-refractivity contribution >= 4 is 5.97 Å². The highest BCUT2D eigenvalue weighted by molar-refractivity contribution is 5.78. The highest BCUT2D eigenvalue weighted by Gasteiger charge is 2.69. The van der Waals surface area contributed by atoms with E-state index in [1.54, 1.807) is 0 Å². The third-order valence-electron chi connectivity index (χ3n) is 4.86. The van der Waals surface area contributed by atoms with Crippen LogP contribution in [0, 0.1) is 11.8 Å². The van der Waals surface area contributed by atoms with Crippen LogP contribution < -0.4 is 0 Å². The molecular formula is C17H22O4. The summed E-state index contributed by atoms with van der Waals surface area (Å²) in [7, 11) is 1.43. The van der Waals surface area contributed by atoms with Crippen LogP contribution in [0.15, 0.2) is 30.3 Å². The number of rotatable bonds is 4. The van der Waals surface area contributed by atoms with Crippen molar-refractivity contribution in [2.24, 2.45) is 11.8 Å². The van der Waals surface area contributed by atoms with Gasteiger partial charge in [0.15, 0.2) is 0 Å². The smallest absolute Gasteiger partial charge is 0.311 e. The fraction of sp³-hybridized carbons (Fsp3) is 0.588. The van der Waals surface area contributed by atoms with Crippen LogP contribution in [-0.4, -0.2) is 30.9 Å². The van der Waals surface area contributed by atoms with Crippen LogP contribution in [0.25, 0.3) is 0 Å². The summed E-state index contributed by atoms with van der Waals surface area (Å²) in [6.45, 7) is 4.71. The zero-order chi connectivity index (χ0) is 15.0. The number of carbonyl (C=O) groups is 1. The van der Waals surface area contributed by atoms with Crippen molar-refractivity contribution in [1.82, 2.24) is 0 Å². The molecule has 4 heteroatoms. The lowest BCUT2D eigenvalue weighted by Crippen LogP contribution is -2.29. The highest BCUT2D eigenvalue weighted by Crippen LogP contribution is 2.59. The average molecular weight is 290 g/mol. The Hall–Kier alpha value is -1.39. The van der Waals surface area contributed by atoms with E-state index >= 15 is 0 Å². The number of esters is 1. The lowest BCUT2D eigenvalue weighted by Gasteiger charge is -2.20. The van der Waals surface area contributed by atoms with E-state index in [0.29, 0.717) is 6.61 Å². The van der Waals surface area contributed by atoms with E-state index in [2.05, 4.69) is 19.1 Å². The van der Waals surface area contributed by atoms with Gasteiger partial charge < -0.3 is 14.2 Å². The van der Waals surface area contributed by atoms with Crippen molar-refractivity contribution in [2.75, 3.05) is 7.11 Å². The van der Waals surface area contributed by atoms with Crippen LogP contribution in [0.4, 0.5) is 0 Å². The van der Waals surface area contributed by atoms with Crippen LogP contribution in [0.3, 0.4) is 0 Å². The Bertz CT molecular complexity index is 515. The molecule has 0 radical (unpaired) electrons. The van der Waals surface area contributed by atoms with Crippen molar-refractivity contribution in [3.05, 3.63) is 35.9 Å². The molecule has 0 amide bonds. The minimum atomic E-state index is -0.367. The Morgan fingerprint density at radius 3 is 2.71 bits per heavy atom. The second kappa shape index (κ2) is 5.43. The summed E-state index contributed by atoms with van der Waals surface area (Å²) in [5.41, 5.74) is 0.784. The van der Waals surface area contributed by atoms with E-state index in [1.807, 2.05) is 25.1 Å². The zero-order valence-electron chi connectivity index (χ0n) is 12.7. The van der Waals surface area contributed by atoms with Crippen LogP contribution in [-0.2, 0) is 25.6 Å². The lowest BCUT2D eigenvalue weighted by molar-refractivity contribution is -0.144. The normalized spacial score (nSPS) is 37.7. The second-order valence-electron chi connectivity index (χ2n) is 6.11. The molecule has 1 saturated heterocycles. The first-order valence-corrected chi connectivity index (χ1v) is 7.49. The van der Waals surface area contributed by atoms with E-state index in [0.717, 1.165) is 12.0 Å². The van der Waals surface area contributed by atoms with Crippen molar-refractivity contribution < 1.29 is 19.0 Å². The summed E-state index contributed by atoms with van der Waals surface area (Å²) in [6, 6.07) is 10.1. The van der Waals surface area contributed by atoms with Crippen molar-refractivity contribution in [3.8, 4) is 0 Å². The van der Waals surface area contributed by atoms with E-state index in [1.165, 1.54) is 7.11 Å². The molecule has 2 aliphatic rings. The minimum absolute atomic E-state index is 0.00151. The largest absolute Gasteiger partial charge is 0.469 e. The van der Waals surface area contributed by atoms with E-state index in [9.17, 15) is 4.79 Å². The fourth-order valence-corrected chi connectivity index (χ4v) is 3.57. The summed E-state index contributed by atoms with van der Waals surface area (Å²) in [5.74, 6) is -0.108. The maximum Gasteiger partial charge on any atom is 0.311 e. The number of ether oxygens (including phenoxy) is 3. The van der Waals surface area contributed by atoms with Crippen LogP contribution in [0.2, 0.25) is 0 Å². The molecule has 4 nitrogen and oxygen atoms in total. The third kappa shape index (κ3) is 2.47. The van der Waals surface area contributed by atoms with Crippen LogP contribution >= 0.6 is 0 Å². The van der Waals surface area contributed by atoms with E-state index in [-0.39, 0.29) is 35.6 Å². The summed E-state index contributed by atoms with van der Waals surface area (Å²) in [5, 5.41) is 0. The predicted octanol–water partition coefficient (Wildman–Crippen LogP) is 2.56. The number of methoxy groups -OCH3 is 1. The maximum atomic E-state index is 11.7. The molecule has 3 rings (SSSR count). The molecule has 0 aromatic heterocycles. The molecule has 1 aliphatic heterocycles. The quantitative estimate of drug-likeness (QED) is 0.799. The van der Waals surface area contributed by atoms with Gasteiger partial charge in [0.2, 0.25) is 0 Å². The van der Waals surface area contributed by atoms with Gasteiger partial charge in [-0.3, -0.25) is 4.79 Å². The molecule has 2 unspecified atom stereocenters. The van der Waals surface area contributed by atoms with Crippen LogP contribution in [0.1, 0.15) is 25.8 Å². The maximum absolute atomic E-state index is 11.7. The topological polar surface area (TPSA) is 44.8 Å². The average Bonchev–Trinajstić information content (AvgIpc) is 3.17. The summed E-state index contributed by atoms with van der Waals surface area (Å²) >= 11 is 0. The zero-order valence-corrected chi connectivity index (χ0v) is 12.7. The molecule has 0 N–H and O–H groups in total. The molecule has 1 spiro atoms. The monoisotopic (exact) mass is 290 g/mol. The molecule has 114 valence electrons. The third-order valence-corrected chi connectivity index (χ3v) is 4.86. The van der Waals surface area contributed by atoms with Gasteiger partial charge in [-0.05, 0) is 18.9 Å². The molecule has 21 heavy (non-hydrogen) atoms. The molecule has 2 fully saturated rings. The van der Waals surface area contributed by atoms with Gasteiger partial charge in [0.05, 0.1) is 37.4 Å². The van der Waals surface area contributed by atoms with Crippen molar-refractivity contribution in [2.45, 2.75) is 44.7 Å². The summed E-state index contributed by atoms with van der Waals surface area (Å²) in [4.78, 5) is 11.7. The number of hydrogen-bond donors (Lipinski definition) is 0. The van der Waals surface area contributed by atoms with Crippen molar-refractivity contribution in [3.63, 3.8) is 0 Å².